The Morgan fingerprint density at radius 1 is 1.25 bits per heavy atom. The van der Waals surface area contributed by atoms with Gasteiger partial charge in [-0.3, -0.25) is 0 Å². The number of ether oxygens (including phenoxy) is 3. The first-order valence-electron chi connectivity index (χ1n) is 7.21. The summed E-state index contributed by atoms with van der Waals surface area (Å²) in [5.41, 5.74) is 1.14. The van der Waals surface area contributed by atoms with Crippen LogP contribution in [0.25, 0.3) is 0 Å². The lowest BCUT2D eigenvalue weighted by Gasteiger charge is -2.30. The first-order valence-corrected chi connectivity index (χ1v) is 7.21. The van der Waals surface area contributed by atoms with Gasteiger partial charge in [-0.2, -0.15) is 0 Å². The van der Waals surface area contributed by atoms with E-state index in [1.807, 2.05) is 12.1 Å². The Labute approximate surface area is 119 Å². The lowest BCUT2D eigenvalue weighted by molar-refractivity contribution is -0.0182. The molecule has 0 unspecified atom stereocenters. The first kappa shape index (κ1) is 13.7. The van der Waals surface area contributed by atoms with Gasteiger partial charge in [0.15, 0.2) is 11.5 Å². The predicted molar refractivity (Wildman–Crippen MR) is 76.4 cm³/mol. The van der Waals surface area contributed by atoms with E-state index in [2.05, 4.69) is 23.3 Å². The van der Waals surface area contributed by atoms with E-state index in [9.17, 15) is 0 Å². The molecule has 20 heavy (non-hydrogen) atoms. The molecule has 1 saturated heterocycles. The minimum atomic E-state index is 0.269. The Morgan fingerprint density at radius 3 is 3.05 bits per heavy atom. The minimum Gasteiger partial charge on any atom is -0.486 e. The number of rotatable bonds is 4. The molecule has 0 aliphatic carbocycles. The third-order valence-corrected chi connectivity index (χ3v) is 3.68. The van der Waals surface area contributed by atoms with E-state index >= 15 is 0 Å². The molecule has 1 atom stereocenters. The molecule has 0 radical (unpaired) electrons. The highest BCUT2D eigenvalue weighted by Crippen LogP contribution is 2.33. The Hall–Kier alpha value is -1.30. The van der Waals surface area contributed by atoms with Crippen molar-refractivity contribution in [2.24, 2.45) is 0 Å². The zero-order valence-electron chi connectivity index (χ0n) is 11.9. The minimum absolute atomic E-state index is 0.269. The molecular weight excluding hydrogens is 256 g/mol. The number of nitrogens with one attached hydrogen (secondary N) is 1. The van der Waals surface area contributed by atoms with Crippen molar-refractivity contribution in [3.63, 3.8) is 0 Å². The van der Waals surface area contributed by atoms with Crippen LogP contribution < -0.4 is 14.8 Å². The molecule has 2 aliphatic rings. The average Bonchev–Trinajstić information content (AvgIpc) is 2.48. The van der Waals surface area contributed by atoms with Crippen molar-refractivity contribution in [3.05, 3.63) is 23.8 Å². The van der Waals surface area contributed by atoms with Gasteiger partial charge in [-0.1, -0.05) is 12.1 Å². The summed E-state index contributed by atoms with van der Waals surface area (Å²) in [6.45, 7) is 5.71. The lowest BCUT2D eigenvalue weighted by atomic mass is 10.1. The third-order valence-electron chi connectivity index (χ3n) is 3.68. The highest BCUT2D eigenvalue weighted by Gasteiger charge is 2.18. The monoisotopic (exact) mass is 278 g/mol. The fraction of sp³-hybridized carbons (Fsp3) is 0.600. The van der Waals surface area contributed by atoms with Crippen LogP contribution in [-0.4, -0.2) is 57.5 Å². The molecule has 0 bridgehead atoms. The quantitative estimate of drug-likeness (QED) is 0.885. The SMILES string of the molecule is CN1CCO[C@H](CNCc2cccc3c2OCCO3)C1. The van der Waals surface area contributed by atoms with Gasteiger partial charge in [0.25, 0.3) is 0 Å². The number of hydrogen-bond acceptors (Lipinski definition) is 5. The van der Waals surface area contributed by atoms with E-state index in [4.69, 9.17) is 14.2 Å². The van der Waals surface area contributed by atoms with Gasteiger partial charge in [0, 0.05) is 31.7 Å². The van der Waals surface area contributed by atoms with Crippen molar-refractivity contribution in [1.82, 2.24) is 10.2 Å². The summed E-state index contributed by atoms with van der Waals surface area (Å²) in [5.74, 6) is 1.73. The molecular formula is C15H22N2O3. The van der Waals surface area contributed by atoms with E-state index in [1.54, 1.807) is 0 Å². The van der Waals surface area contributed by atoms with Crippen molar-refractivity contribution in [1.29, 1.82) is 0 Å². The van der Waals surface area contributed by atoms with E-state index in [-0.39, 0.29) is 6.10 Å². The van der Waals surface area contributed by atoms with Crippen molar-refractivity contribution in [2.45, 2.75) is 12.6 Å². The zero-order valence-corrected chi connectivity index (χ0v) is 11.9. The normalized spacial score (nSPS) is 22.8. The Kier molecular flexibility index (Phi) is 4.40. The maximum atomic E-state index is 5.74. The van der Waals surface area contributed by atoms with Gasteiger partial charge in [-0.25, -0.2) is 0 Å². The van der Waals surface area contributed by atoms with Crippen molar-refractivity contribution in [2.75, 3.05) is 46.5 Å². The van der Waals surface area contributed by atoms with E-state index in [0.29, 0.717) is 13.2 Å². The summed E-state index contributed by atoms with van der Waals surface area (Å²) >= 11 is 0. The number of morpholine rings is 1. The van der Waals surface area contributed by atoms with Crippen molar-refractivity contribution < 1.29 is 14.2 Å². The van der Waals surface area contributed by atoms with Gasteiger partial charge < -0.3 is 24.4 Å². The second-order valence-electron chi connectivity index (χ2n) is 5.33. The van der Waals surface area contributed by atoms with Crippen LogP contribution in [0, 0.1) is 0 Å². The molecule has 1 N–H and O–H groups in total. The molecule has 110 valence electrons. The fourth-order valence-corrected chi connectivity index (χ4v) is 2.63. The standard InChI is InChI=1S/C15H22N2O3/c1-17-5-6-18-13(11-17)10-16-9-12-3-2-4-14-15(12)20-8-7-19-14/h2-4,13,16H,5-11H2,1H3/t13-/m1/s1. The molecule has 0 amide bonds. The molecule has 2 aliphatic heterocycles. The van der Waals surface area contributed by atoms with Crippen LogP contribution >= 0.6 is 0 Å². The van der Waals surface area contributed by atoms with Crippen LogP contribution in [0.1, 0.15) is 5.56 Å². The summed E-state index contributed by atoms with van der Waals surface area (Å²) in [4.78, 5) is 2.30. The molecule has 1 aromatic rings. The summed E-state index contributed by atoms with van der Waals surface area (Å²) in [6.07, 6.45) is 0.269. The molecule has 3 rings (SSSR count). The van der Waals surface area contributed by atoms with Crippen LogP contribution in [0.2, 0.25) is 0 Å². The largest absolute Gasteiger partial charge is 0.486 e. The number of hydrogen-bond donors (Lipinski definition) is 1. The van der Waals surface area contributed by atoms with Crippen LogP contribution in [0.4, 0.5) is 0 Å². The summed E-state index contributed by atoms with van der Waals surface area (Å²) in [7, 11) is 2.13. The smallest absolute Gasteiger partial charge is 0.165 e. The van der Waals surface area contributed by atoms with Crippen LogP contribution in [0.3, 0.4) is 0 Å². The molecule has 0 saturated carbocycles. The fourth-order valence-electron chi connectivity index (χ4n) is 2.63. The van der Waals surface area contributed by atoms with Crippen molar-refractivity contribution >= 4 is 0 Å². The van der Waals surface area contributed by atoms with E-state index in [1.165, 1.54) is 0 Å². The molecule has 1 fully saturated rings. The summed E-state index contributed by atoms with van der Waals surface area (Å²) in [5, 5.41) is 3.45. The van der Waals surface area contributed by atoms with Crippen molar-refractivity contribution in [3.8, 4) is 11.5 Å². The molecule has 5 nitrogen and oxygen atoms in total. The highest BCUT2D eigenvalue weighted by atomic mass is 16.6. The number of nitrogens with zero attached hydrogens (tertiary/aromatic N) is 1. The van der Waals surface area contributed by atoms with Gasteiger partial charge in [0.1, 0.15) is 13.2 Å². The Morgan fingerprint density at radius 2 is 2.15 bits per heavy atom. The van der Waals surface area contributed by atoms with Gasteiger partial charge in [0.2, 0.25) is 0 Å². The Balaban J connectivity index is 1.53. The number of fused-ring (bicyclic) bond motifs is 1. The highest BCUT2D eigenvalue weighted by molar-refractivity contribution is 5.47. The topological polar surface area (TPSA) is 43.0 Å². The second kappa shape index (κ2) is 6.43. The van der Waals surface area contributed by atoms with Gasteiger partial charge in [0.05, 0.1) is 12.7 Å². The maximum absolute atomic E-state index is 5.74. The lowest BCUT2D eigenvalue weighted by Crippen LogP contribution is -2.44. The summed E-state index contributed by atoms with van der Waals surface area (Å²) < 4.78 is 17.0. The number of para-hydroxylation sites is 1. The van der Waals surface area contributed by atoms with Crippen LogP contribution in [0.5, 0.6) is 11.5 Å². The molecule has 5 heteroatoms. The van der Waals surface area contributed by atoms with Gasteiger partial charge >= 0.3 is 0 Å². The van der Waals surface area contributed by atoms with E-state index < -0.39 is 0 Å². The second-order valence-corrected chi connectivity index (χ2v) is 5.33. The molecule has 0 spiro atoms. The third kappa shape index (κ3) is 3.23. The van der Waals surface area contributed by atoms with Gasteiger partial charge in [-0.15, -0.1) is 0 Å². The predicted octanol–water partition coefficient (Wildman–Crippen LogP) is 0.878. The average molecular weight is 278 g/mol. The summed E-state index contributed by atoms with van der Waals surface area (Å²) in [6, 6.07) is 6.04. The molecule has 1 aromatic carbocycles. The number of benzene rings is 1. The van der Waals surface area contributed by atoms with Gasteiger partial charge in [-0.05, 0) is 13.1 Å². The van der Waals surface area contributed by atoms with Crippen LogP contribution in [0.15, 0.2) is 18.2 Å². The van der Waals surface area contributed by atoms with E-state index in [0.717, 1.165) is 49.8 Å². The first-order chi connectivity index (χ1) is 9.83. The molecule has 2 heterocycles. The maximum Gasteiger partial charge on any atom is 0.165 e. The zero-order chi connectivity index (χ0) is 13.8. The Bertz CT molecular complexity index is 453. The van der Waals surface area contributed by atoms with Crippen LogP contribution in [-0.2, 0) is 11.3 Å². The number of likely N-dealkylation sites (N-methyl/N-ethyl adjacent to an activating group) is 1. The molecule has 0 aromatic heterocycles.